The summed E-state index contributed by atoms with van der Waals surface area (Å²) >= 11 is 0. The van der Waals surface area contributed by atoms with Crippen LogP contribution in [0.4, 0.5) is 0 Å². The molecule has 0 spiro atoms. The lowest BCUT2D eigenvalue weighted by Crippen LogP contribution is -2.32. The fourth-order valence-electron chi connectivity index (χ4n) is 3.12. The van der Waals surface area contributed by atoms with E-state index in [-0.39, 0.29) is 6.61 Å². The summed E-state index contributed by atoms with van der Waals surface area (Å²) in [5.74, 6) is 1.59. The molecule has 1 atom stereocenters. The molecule has 0 radical (unpaired) electrons. The van der Waals surface area contributed by atoms with Crippen LogP contribution in [0.1, 0.15) is 51.0 Å². The molecule has 2 rings (SSSR count). The highest BCUT2D eigenvalue weighted by atomic mass is 16.5. The van der Waals surface area contributed by atoms with Crippen LogP contribution in [-0.4, -0.2) is 12.6 Å². The Morgan fingerprint density at radius 2 is 2.05 bits per heavy atom. The zero-order valence-corrected chi connectivity index (χ0v) is 13.0. The minimum atomic E-state index is 0.107. The van der Waals surface area contributed by atoms with Crippen LogP contribution in [0.2, 0.25) is 0 Å². The number of rotatable bonds is 6. The Morgan fingerprint density at radius 3 is 2.76 bits per heavy atom. The maximum absolute atomic E-state index is 8.55. The molecule has 0 amide bonds. The second kappa shape index (κ2) is 8.69. The van der Waals surface area contributed by atoms with Gasteiger partial charge >= 0.3 is 0 Å². The van der Waals surface area contributed by atoms with Crippen LogP contribution in [0.25, 0.3) is 0 Å². The van der Waals surface area contributed by atoms with Gasteiger partial charge in [0.1, 0.15) is 11.8 Å². The van der Waals surface area contributed by atoms with Gasteiger partial charge in [-0.05, 0) is 43.4 Å². The minimum absolute atomic E-state index is 0.107. The molecule has 1 aliphatic carbocycles. The van der Waals surface area contributed by atoms with Crippen LogP contribution >= 0.6 is 0 Å². The summed E-state index contributed by atoms with van der Waals surface area (Å²) in [5.41, 5.74) is 1.21. The van der Waals surface area contributed by atoms with Gasteiger partial charge in [0.15, 0.2) is 6.61 Å². The molecule has 0 aromatic heterocycles. The van der Waals surface area contributed by atoms with E-state index in [1.54, 1.807) is 0 Å². The number of benzene rings is 1. The number of ether oxygens (including phenoxy) is 1. The van der Waals surface area contributed by atoms with Crippen LogP contribution in [0.5, 0.6) is 5.75 Å². The summed E-state index contributed by atoms with van der Waals surface area (Å²) in [5, 5.41) is 12.2. The Labute approximate surface area is 128 Å². The first kappa shape index (κ1) is 15.9. The first-order valence-corrected chi connectivity index (χ1v) is 8.11. The average molecular weight is 286 g/mol. The van der Waals surface area contributed by atoms with E-state index in [0.717, 1.165) is 18.2 Å². The van der Waals surface area contributed by atoms with Crippen molar-refractivity contribution < 1.29 is 4.74 Å². The van der Waals surface area contributed by atoms with Gasteiger partial charge in [0, 0.05) is 12.6 Å². The highest BCUT2D eigenvalue weighted by Crippen LogP contribution is 2.25. The number of nitrogens with zero attached hydrogens (tertiary/aromatic N) is 1. The van der Waals surface area contributed by atoms with Gasteiger partial charge in [-0.15, -0.1) is 0 Å². The predicted molar refractivity (Wildman–Crippen MR) is 85.0 cm³/mol. The lowest BCUT2D eigenvalue weighted by molar-refractivity contribution is 0.336. The van der Waals surface area contributed by atoms with Gasteiger partial charge in [-0.25, -0.2) is 0 Å². The molecule has 1 aromatic rings. The van der Waals surface area contributed by atoms with Gasteiger partial charge in [0.25, 0.3) is 0 Å². The van der Waals surface area contributed by atoms with Gasteiger partial charge in [0.2, 0.25) is 0 Å². The van der Waals surface area contributed by atoms with E-state index in [1.165, 1.54) is 44.1 Å². The first-order chi connectivity index (χ1) is 10.3. The van der Waals surface area contributed by atoms with Crippen molar-refractivity contribution in [2.24, 2.45) is 5.92 Å². The molecule has 21 heavy (non-hydrogen) atoms. The molecular weight excluding hydrogens is 260 g/mol. The first-order valence-electron chi connectivity index (χ1n) is 8.11. The maximum atomic E-state index is 8.55. The topological polar surface area (TPSA) is 45.0 Å². The zero-order chi connectivity index (χ0) is 14.9. The van der Waals surface area contributed by atoms with Crippen LogP contribution in [0.3, 0.4) is 0 Å². The molecule has 1 fully saturated rings. The van der Waals surface area contributed by atoms with E-state index < -0.39 is 0 Å². The van der Waals surface area contributed by atoms with Crippen molar-refractivity contribution in [3.8, 4) is 11.8 Å². The minimum Gasteiger partial charge on any atom is -0.479 e. The number of nitrogens with one attached hydrogen (secondary N) is 1. The predicted octanol–water partition coefficient (Wildman–Crippen LogP) is 4.04. The van der Waals surface area contributed by atoms with Gasteiger partial charge in [-0.2, -0.15) is 5.26 Å². The summed E-state index contributed by atoms with van der Waals surface area (Å²) < 4.78 is 5.35. The molecule has 0 bridgehead atoms. The molecule has 114 valence electrons. The second-order valence-corrected chi connectivity index (χ2v) is 6.02. The van der Waals surface area contributed by atoms with Crippen molar-refractivity contribution in [1.82, 2.24) is 5.32 Å². The van der Waals surface area contributed by atoms with E-state index in [1.807, 2.05) is 24.3 Å². The van der Waals surface area contributed by atoms with Crippen molar-refractivity contribution in [2.75, 3.05) is 6.61 Å². The average Bonchev–Trinajstić information content (AvgIpc) is 2.80. The molecule has 1 N–H and O–H groups in total. The van der Waals surface area contributed by atoms with Gasteiger partial charge in [-0.3, -0.25) is 0 Å². The van der Waals surface area contributed by atoms with Crippen molar-refractivity contribution in [2.45, 2.75) is 58.0 Å². The number of nitriles is 1. The third kappa shape index (κ3) is 5.40. The summed E-state index contributed by atoms with van der Waals surface area (Å²) in [6, 6.07) is 10.6. The van der Waals surface area contributed by atoms with Gasteiger partial charge in [-0.1, -0.05) is 37.8 Å². The lowest BCUT2D eigenvalue weighted by atomic mass is 9.93. The summed E-state index contributed by atoms with van der Waals surface area (Å²) in [6.07, 6.45) is 8.30. The zero-order valence-electron chi connectivity index (χ0n) is 13.0. The van der Waals surface area contributed by atoms with Crippen molar-refractivity contribution >= 4 is 0 Å². The molecule has 1 aliphatic rings. The molecule has 0 saturated heterocycles. The normalized spacial score (nSPS) is 17.7. The third-order valence-electron chi connectivity index (χ3n) is 4.44. The van der Waals surface area contributed by atoms with Gasteiger partial charge < -0.3 is 10.1 Å². The maximum Gasteiger partial charge on any atom is 0.174 e. The Kier molecular flexibility index (Phi) is 6.56. The second-order valence-electron chi connectivity index (χ2n) is 6.02. The monoisotopic (exact) mass is 286 g/mol. The van der Waals surface area contributed by atoms with E-state index in [4.69, 9.17) is 10.00 Å². The van der Waals surface area contributed by atoms with E-state index in [2.05, 4.69) is 18.3 Å². The quantitative estimate of drug-likeness (QED) is 0.803. The van der Waals surface area contributed by atoms with Crippen LogP contribution in [0.15, 0.2) is 24.3 Å². The standard InChI is InChI=1S/C18H26N2O/c1-15(17-8-4-2-3-5-9-17)20-14-16-7-6-10-18(13-16)21-12-11-19/h6-7,10,13,15,17,20H,2-5,8-9,12,14H2,1H3/t15-/m1/s1. The van der Waals surface area contributed by atoms with Crippen molar-refractivity contribution in [3.63, 3.8) is 0 Å². The van der Waals surface area contributed by atoms with Crippen molar-refractivity contribution in [3.05, 3.63) is 29.8 Å². The van der Waals surface area contributed by atoms with E-state index in [9.17, 15) is 0 Å². The molecule has 1 aromatic carbocycles. The fourth-order valence-corrected chi connectivity index (χ4v) is 3.12. The van der Waals surface area contributed by atoms with E-state index >= 15 is 0 Å². The highest BCUT2D eigenvalue weighted by Gasteiger charge is 2.18. The SMILES string of the molecule is C[C@@H](NCc1cccc(OCC#N)c1)C1CCCCCC1. The number of hydrogen-bond acceptors (Lipinski definition) is 3. The number of hydrogen-bond donors (Lipinski definition) is 1. The fraction of sp³-hybridized carbons (Fsp3) is 0.611. The van der Waals surface area contributed by atoms with Crippen molar-refractivity contribution in [1.29, 1.82) is 5.26 Å². The highest BCUT2D eigenvalue weighted by molar-refractivity contribution is 5.28. The van der Waals surface area contributed by atoms with Crippen LogP contribution < -0.4 is 10.1 Å². The molecule has 0 aliphatic heterocycles. The largest absolute Gasteiger partial charge is 0.479 e. The van der Waals surface area contributed by atoms with E-state index in [0.29, 0.717) is 6.04 Å². The third-order valence-corrected chi connectivity index (χ3v) is 4.44. The van der Waals surface area contributed by atoms with Crippen LogP contribution in [0, 0.1) is 17.2 Å². The Morgan fingerprint density at radius 1 is 1.29 bits per heavy atom. The Balaban J connectivity index is 1.82. The summed E-state index contributed by atoms with van der Waals surface area (Å²) in [7, 11) is 0. The molecular formula is C18H26N2O. The Hall–Kier alpha value is -1.53. The molecule has 0 unspecified atom stereocenters. The molecule has 0 heterocycles. The lowest BCUT2D eigenvalue weighted by Gasteiger charge is -2.23. The molecule has 3 heteroatoms. The molecule has 1 saturated carbocycles. The Bertz CT molecular complexity index is 459. The summed E-state index contributed by atoms with van der Waals surface area (Å²) in [4.78, 5) is 0. The summed E-state index contributed by atoms with van der Waals surface area (Å²) in [6.45, 7) is 3.28. The van der Waals surface area contributed by atoms with Crippen LogP contribution in [-0.2, 0) is 6.54 Å². The smallest absolute Gasteiger partial charge is 0.174 e. The molecule has 3 nitrogen and oxygen atoms in total. The van der Waals surface area contributed by atoms with Gasteiger partial charge in [0.05, 0.1) is 0 Å².